The largest absolute Gasteiger partial charge is 0.327 e. The second-order valence-corrected chi connectivity index (χ2v) is 5.27. The van der Waals surface area contributed by atoms with Gasteiger partial charge in [-0.15, -0.1) is 0 Å². The minimum Gasteiger partial charge on any atom is -0.327 e. The third-order valence-electron chi connectivity index (χ3n) is 4.03. The summed E-state index contributed by atoms with van der Waals surface area (Å²) in [5, 5.41) is 0. The molecule has 0 saturated carbocycles. The average molecular weight is 244 g/mol. The minimum atomic E-state index is 0.347. The fraction of sp³-hybridized carbons (Fsp3) is 0.533. The summed E-state index contributed by atoms with van der Waals surface area (Å²) in [5.41, 5.74) is 1.34. The van der Waals surface area contributed by atoms with E-state index in [2.05, 4.69) is 40.1 Å². The first-order valence-electron chi connectivity index (χ1n) is 6.92. The summed E-state index contributed by atoms with van der Waals surface area (Å²) in [6, 6.07) is 10.6. The Hall–Kier alpha value is -1.35. The van der Waals surface area contributed by atoms with Crippen LogP contribution in [0.3, 0.4) is 0 Å². The fourth-order valence-electron chi connectivity index (χ4n) is 3.15. The number of carbonyl (C=O) groups excluding carboxylic acids is 1. The van der Waals surface area contributed by atoms with Gasteiger partial charge in [0.25, 0.3) is 0 Å². The lowest BCUT2D eigenvalue weighted by molar-refractivity contribution is -0.132. The lowest BCUT2D eigenvalue weighted by Crippen LogP contribution is -2.44. The highest BCUT2D eigenvalue weighted by Crippen LogP contribution is 2.26. The van der Waals surface area contributed by atoms with E-state index < -0.39 is 0 Å². The molecule has 1 aromatic carbocycles. The van der Waals surface area contributed by atoms with Gasteiger partial charge >= 0.3 is 0 Å². The van der Waals surface area contributed by atoms with Gasteiger partial charge < -0.3 is 4.90 Å². The second kappa shape index (κ2) is 5.11. The van der Waals surface area contributed by atoms with Gasteiger partial charge in [0.15, 0.2) is 0 Å². The van der Waals surface area contributed by atoms with E-state index in [0.717, 1.165) is 38.9 Å². The van der Waals surface area contributed by atoms with Crippen molar-refractivity contribution < 1.29 is 4.79 Å². The van der Waals surface area contributed by atoms with Crippen LogP contribution in [0.5, 0.6) is 0 Å². The zero-order valence-corrected chi connectivity index (χ0v) is 10.7. The van der Waals surface area contributed by atoms with Crippen LogP contribution >= 0.6 is 0 Å². The first-order valence-corrected chi connectivity index (χ1v) is 6.92. The van der Waals surface area contributed by atoms with Gasteiger partial charge in [0, 0.05) is 26.1 Å². The molecule has 1 unspecified atom stereocenters. The molecule has 1 amide bonds. The van der Waals surface area contributed by atoms with Crippen LogP contribution in [-0.2, 0) is 11.3 Å². The summed E-state index contributed by atoms with van der Waals surface area (Å²) in [6.07, 6.45) is 4.48. The quantitative estimate of drug-likeness (QED) is 0.814. The van der Waals surface area contributed by atoms with Crippen molar-refractivity contribution in [3.63, 3.8) is 0 Å². The van der Waals surface area contributed by atoms with Gasteiger partial charge in [-0.25, -0.2) is 0 Å². The highest BCUT2D eigenvalue weighted by atomic mass is 16.2. The molecule has 2 saturated heterocycles. The van der Waals surface area contributed by atoms with E-state index in [9.17, 15) is 4.79 Å². The van der Waals surface area contributed by atoms with Gasteiger partial charge in [0.2, 0.25) is 5.91 Å². The fourth-order valence-corrected chi connectivity index (χ4v) is 3.15. The number of hydrogen-bond acceptors (Lipinski definition) is 2. The van der Waals surface area contributed by atoms with Crippen molar-refractivity contribution in [3.8, 4) is 0 Å². The van der Waals surface area contributed by atoms with Crippen LogP contribution in [0.4, 0.5) is 0 Å². The van der Waals surface area contributed by atoms with E-state index in [0.29, 0.717) is 12.1 Å². The maximum Gasteiger partial charge on any atom is 0.223 e. The molecule has 0 spiro atoms. The molecular weight excluding hydrogens is 224 g/mol. The second-order valence-electron chi connectivity index (χ2n) is 5.27. The Labute approximate surface area is 108 Å². The normalized spacial score (nSPS) is 25.0. The molecule has 0 N–H and O–H groups in total. The molecule has 0 radical (unpaired) electrons. The summed E-state index contributed by atoms with van der Waals surface area (Å²) in [4.78, 5) is 16.4. The van der Waals surface area contributed by atoms with Crippen molar-refractivity contribution in [3.05, 3.63) is 35.9 Å². The van der Waals surface area contributed by atoms with Crippen LogP contribution in [0, 0.1) is 0 Å². The first kappa shape index (κ1) is 11.7. The summed E-state index contributed by atoms with van der Waals surface area (Å²) in [5.74, 6) is 0.347. The SMILES string of the molecule is O=C1CCCN1C1CCCN1Cc1ccccc1. The predicted octanol–water partition coefficient (Wildman–Crippen LogP) is 2.23. The molecule has 2 heterocycles. The van der Waals surface area contributed by atoms with Gasteiger partial charge in [-0.3, -0.25) is 9.69 Å². The molecule has 18 heavy (non-hydrogen) atoms. The molecule has 96 valence electrons. The number of likely N-dealkylation sites (tertiary alicyclic amines) is 2. The number of nitrogens with zero attached hydrogens (tertiary/aromatic N) is 2. The third-order valence-corrected chi connectivity index (χ3v) is 4.03. The molecule has 3 nitrogen and oxygen atoms in total. The topological polar surface area (TPSA) is 23.6 Å². The lowest BCUT2D eigenvalue weighted by atomic mass is 10.2. The van der Waals surface area contributed by atoms with Crippen LogP contribution in [0.25, 0.3) is 0 Å². The number of rotatable bonds is 3. The van der Waals surface area contributed by atoms with Crippen LogP contribution < -0.4 is 0 Å². The zero-order valence-electron chi connectivity index (χ0n) is 10.7. The van der Waals surface area contributed by atoms with Crippen molar-refractivity contribution in [1.29, 1.82) is 0 Å². The van der Waals surface area contributed by atoms with E-state index in [-0.39, 0.29) is 0 Å². The Kier molecular flexibility index (Phi) is 3.33. The molecule has 2 fully saturated rings. The zero-order chi connectivity index (χ0) is 12.4. The van der Waals surface area contributed by atoms with Gasteiger partial charge in [0.05, 0.1) is 6.17 Å². The Balaban J connectivity index is 1.69. The molecule has 3 heteroatoms. The summed E-state index contributed by atoms with van der Waals surface area (Å²) in [7, 11) is 0. The third kappa shape index (κ3) is 2.27. The van der Waals surface area contributed by atoms with E-state index in [1.807, 2.05) is 0 Å². The van der Waals surface area contributed by atoms with E-state index in [1.165, 1.54) is 12.0 Å². The first-order chi connectivity index (χ1) is 8.84. The highest BCUT2D eigenvalue weighted by Gasteiger charge is 2.34. The number of carbonyl (C=O) groups is 1. The average Bonchev–Trinajstić information content (AvgIpc) is 2.99. The van der Waals surface area contributed by atoms with Crippen LogP contribution in [0.15, 0.2) is 30.3 Å². The van der Waals surface area contributed by atoms with Crippen molar-refractivity contribution >= 4 is 5.91 Å². The summed E-state index contributed by atoms with van der Waals surface area (Å²) < 4.78 is 0. The summed E-state index contributed by atoms with van der Waals surface area (Å²) in [6.45, 7) is 3.04. The molecule has 0 aromatic heterocycles. The molecule has 2 aliphatic rings. The van der Waals surface area contributed by atoms with Crippen LogP contribution in [0.1, 0.15) is 31.2 Å². The predicted molar refractivity (Wildman–Crippen MR) is 70.8 cm³/mol. The monoisotopic (exact) mass is 244 g/mol. The summed E-state index contributed by atoms with van der Waals surface area (Å²) >= 11 is 0. The molecular formula is C15H20N2O. The Morgan fingerprint density at radius 3 is 2.67 bits per heavy atom. The smallest absolute Gasteiger partial charge is 0.223 e. The molecule has 2 aliphatic heterocycles. The highest BCUT2D eigenvalue weighted by molar-refractivity contribution is 5.78. The molecule has 0 bridgehead atoms. The van der Waals surface area contributed by atoms with Crippen molar-refractivity contribution in [1.82, 2.24) is 9.80 Å². The van der Waals surface area contributed by atoms with Crippen molar-refractivity contribution in [2.24, 2.45) is 0 Å². The van der Waals surface area contributed by atoms with Gasteiger partial charge in [-0.2, -0.15) is 0 Å². The molecule has 1 atom stereocenters. The Bertz CT molecular complexity index is 418. The maximum absolute atomic E-state index is 11.9. The van der Waals surface area contributed by atoms with Gasteiger partial charge in [-0.1, -0.05) is 30.3 Å². The van der Waals surface area contributed by atoms with E-state index >= 15 is 0 Å². The number of hydrogen-bond donors (Lipinski definition) is 0. The van der Waals surface area contributed by atoms with Crippen LogP contribution in [0.2, 0.25) is 0 Å². The van der Waals surface area contributed by atoms with Crippen molar-refractivity contribution in [2.75, 3.05) is 13.1 Å². The Morgan fingerprint density at radius 2 is 1.94 bits per heavy atom. The number of benzene rings is 1. The Morgan fingerprint density at radius 1 is 1.11 bits per heavy atom. The van der Waals surface area contributed by atoms with E-state index in [4.69, 9.17) is 0 Å². The van der Waals surface area contributed by atoms with E-state index in [1.54, 1.807) is 0 Å². The van der Waals surface area contributed by atoms with Crippen LogP contribution in [-0.4, -0.2) is 35.0 Å². The van der Waals surface area contributed by atoms with Crippen molar-refractivity contribution in [2.45, 2.75) is 38.4 Å². The van der Waals surface area contributed by atoms with Gasteiger partial charge in [0.1, 0.15) is 0 Å². The number of amides is 1. The molecule has 3 rings (SSSR count). The maximum atomic E-state index is 11.9. The molecule has 0 aliphatic carbocycles. The van der Waals surface area contributed by atoms with Gasteiger partial charge in [-0.05, 0) is 24.8 Å². The molecule has 1 aromatic rings. The standard InChI is InChI=1S/C15H20N2O/c18-15-9-5-11-17(15)14-8-4-10-16(14)12-13-6-2-1-3-7-13/h1-3,6-7,14H,4-5,8-12H2. The minimum absolute atomic E-state index is 0.347. The lowest BCUT2D eigenvalue weighted by Gasteiger charge is -2.32.